The van der Waals surface area contributed by atoms with Crippen LogP contribution in [-0.2, 0) is 11.3 Å². The highest BCUT2D eigenvalue weighted by Crippen LogP contribution is 2.29. The van der Waals surface area contributed by atoms with Crippen molar-refractivity contribution in [3.05, 3.63) is 40.8 Å². The molecule has 2 aromatic rings. The van der Waals surface area contributed by atoms with Crippen LogP contribution in [0.4, 0.5) is 5.95 Å². The normalized spacial score (nSPS) is 17.7. The molecule has 0 radical (unpaired) electrons. The molecule has 2 fully saturated rings. The Morgan fingerprint density at radius 2 is 1.92 bits per heavy atom. The van der Waals surface area contributed by atoms with Gasteiger partial charge in [0, 0.05) is 69.0 Å². The van der Waals surface area contributed by atoms with E-state index in [0.29, 0.717) is 12.5 Å². The molecule has 6 nitrogen and oxygen atoms in total. The molecule has 0 unspecified atom stereocenters. The van der Waals surface area contributed by atoms with Gasteiger partial charge in [-0.15, -0.1) is 11.3 Å². The summed E-state index contributed by atoms with van der Waals surface area (Å²) in [6.07, 6.45) is 6.69. The lowest BCUT2D eigenvalue weighted by atomic mass is 10.2. The molecule has 2 aliphatic rings. The Morgan fingerprint density at radius 3 is 2.58 bits per heavy atom. The second-order valence-corrected chi connectivity index (χ2v) is 7.98. The van der Waals surface area contributed by atoms with E-state index in [0.717, 1.165) is 45.2 Å². The third kappa shape index (κ3) is 4.40. The van der Waals surface area contributed by atoms with Gasteiger partial charge in [0.1, 0.15) is 0 Å². The first-order chi connectivity index (χ1) is 12.8. The molecular weight excluding hydrogens is 346 g/mol. The summed E-state index contributed by atoms with van der Waals surface area (Å²) in [5.74, 6) is 1.03. The molecule has 1 aliphatic heterocycles. The highest BCUT2D eigenvalue weighted by Gasteiger charge is 2.30. The van der Waals surface area contributed by atoms with Gasteiger partial charge in [-0.05, 0) is 30.4 Å². The number of amides is 1. The molecule has 1 saturated carbocycles. The molecule has 26 heavy (non-hydrogen) atoms. The minimum absolute atomic E-state index is 0.274. The van der Waals surface area contributed by atoms with E-state index in [1.165, 1.54) is 17.7 Å². The van der Waals surface area contributed by atoms with Crippen molar-refractivity contribution in [1.29, 1.82) is 0 Å². The van der Waals surface area contributed by atoms with Gasteiger partial charge in [0.2, 0.25) is 11.9 Å². The van der Waals surface area contributed by atoms with Crippen molar-refractivity contribution in [2.75, 3.05) is 37.6 Å². The second-order valence-electron chi connectivity index (χ2n) is 6.95. The number of rotatable bonds is 7. The van der Waals surface area contributed by atoms with Crippen LogP contribution < -0.4 is 4.90 Å². The summed E-state index contributed by atoms with van der Waals surface area (Å²) in [5, 5.41) is 2.13. The number of nitrogens with zero attached hydrogens (tertiary/aromatic N) is 5. The largest absolute Gasteiger partial charge is 0.339 e. The van der Waals surface area contributed by atoms with Gasteiger partial charge < -0.3 is 9.80 Å². The molecule has 0 aromatic carbocycles. The summed E-state index contributed by atoms with van der Waals surface area (Å²) in [6, 6.07) is 6.79. The van der Waals surface area contributed by atoms with E-state index in [1.54, 1.807) is 23.7 Å². The van der Waals surface area contributed by atoms with E-state index in [4.69, 9.17) is 0 Å². The molecule has 1 saturated heterocycles. The Balaban J connectivity index is 1.24. The Bertz CT molecular complexity index is 696. The average molecular weight is 372 g/mol. The van der Waals surface area contributed by atoms with Crippen molar-refractivity contribution in [2.24, 2.45) is 0 Å². The summed E-state index contributed by atoms with van der Waals surface area (Å²) in [4.78, 5) is 29.3. The Hall–Kier alpha value is -1.99. The number of piperazine rings is 1. The lowest BCUT2D eigenvalue weighted by Gasteiger charge is -2.35. The molecule has 7 heteroatoms. The molecule has 2 aromatic heterocycles. The van der Waals surface area contributed by atoms with E-state index in [1.807, 2.05) is 11.0 Å². The van der Waals surface area contributed by atoms with Crippen LogP contribution in [0.1, 0.15) is 24.1 Å². The molecule has 0 bridgehead atoms. The van der Waals surface area contributed by atoms with E-state index in [2.05, 4.69) is 37.3 Å². The van der Waals surface area contributed by atoms with Crippen molar-refractivity contribution < 1.29 is 4.79 Å². The van der Waals surface area contributed by atoms with Gasteiger partial charge in [-0.3, -0.25) is 9.69 Å². The van der Waals surface area contributed by atoms with E-state index in [-0.39, 0.29) is 5.91 Å². The lowest BCUT2D eigenvalue weighted by molar-refractivity contribution is -0.131. The first-order valence-corrected chi connectivity index (χ1v) is 10.2. The maximum atomic E-state index is 12.6. The molecule has 0 N–H and O–H groups in total. The van der Waals surface area contributed by atoms with Crippen molar-refractivity contribution in [2.45, 2.75) is 31.8 Å². The van der Waals surface area contributed by atoms with E-state index < -0.39 is 0 Å². The SMILES string of the molecule is O=C(CCN(Cc1cccs1)C1CC1)N1CCN(c2ncccn2)CC1. The fourth-order valence-electron chi connectivity index (χ4n) is 3.44. The van der Waals surface area contributed by atoms with Gasteiger partial charge in [0.25, 0.3) is 0 Å². The van der Waals surface area contributed by atoms with Crippen LogP contribution in [0.25, 0.3) is 0 Å². The van der Waals surface area contributed by atoms with Crippen LogP contribution in [-0.4, -0.2) is 64.4 Å². The molecule has 1 aliphatic carbocycles. The summed E-state index contributed by atoms with van der Waals surface area (Å²) in [7, 11) is 0. The second kappa shape index (κ2) is 8.14. The van der Waals surface area contributed by atoms with Crippen LogP contribution in [0, 0.1) is 0 Å². The molecule has 4 rings (SSSR count). The average Bonchev–Trinajstić information content (AvgIpc) is 3.42. The van der Waals surface area contributed by atoms with Crippen molar-refractivity contribution in [1.82, 2.24) is 19.8 Å². The molecule has 0 atom stereocenters. The number of hydrogen-bond acceptors (Lipinski definition) is 6. The fourth-order valence-corrected chi connectivity index (χ4v) is 4.17. The maximum Gasteiger partial charge on any atom is 0.225 e. The molecule has 3 heterocycles. The first kappa shape index (κ1) is 17.4. The van der Waals surface area contributed by atoms with E-state index >= 15 is 0 Å². The predicted octanol–water partition coefficient (Wildman–Crippen LogP) is 2.24. The highest BCUT2D eigenvalue weighted by atomic mass is 32.1. The van der Waals surface area contributed by atoms with Crippen LogP contribution >= 0.6 is 11.3 Å². The third-order valence-corrected chi connectivity index (χ3v) is 5.94. The van der Waals surface area contributed by atoms with Crippen LogP contribution in [0.5, 0.6) is 0 Å². The summed E-state index contributed by atoms with van der Waals surface area (Å²) in [6.45, 7) is 4.96. The Kier molecular flexibility index (Phi) is 5.45. The minimum atomic E-state index is 0.274. The number of carbonyl (C=O) groups excluding carboxylic acids is 1. The van der Waals surface area contributed by atoms with E-state index in [9.17, 15) is 4.79 Å². The zero-order valence-corrected chi connectivity index (χ0v) is 15.8. The number of thiophene rings is 1. The number of aromatic nitrogens is 2. The maximum absolute atomic E-state index is 12.6. The topological polar surface area (TPSA) is 52.6 Å². The lowest BCUT2D eigenvalue weighted by Crippen LogP contribution is -2.49. The van der Waals surface area contributed by atoms with Crippen molar-refractivity contribution in [3.8, 4) is 0 Å². The van der Waals surface area contributed by atoms with Crippen LogP contribution in [0.15, 0.2) is 36.0 Å². The third-order valence-electron chi connectivity index (χ3n) is 5.08. The van der Waals surface area contributed by atoms with Gasteiger partial charge >= 0.3 is 0 Å². The van der Waals surface area contributed by atoms with Crippen molar-refractivity contribution >= 4 is 23.2 Å². The first-order valence-electron chi connectivity index (χ1n) is 9.36. The quantitative estimate of drug-likeness (QED) is 0.747. The number of carbonyl (C=O) groups is 1. The summed E-state index contributed by atoms with van der Waals surface area (Å²) >= 11 is 1.80. The van der Waals surface area contributed by atoms with Crippen LogP contribution in [0.3, 0.4) is 0 Å². The van der Waals surface area contributed by atoms with Gasteiger partial charge in [0.05, 0.1) is 0 Å². The molecule has 0 spiro atoms. The van der Waals surface area contributed by atoms with Crippen molar-refractivity contribution in [3.63, 3.8) is 0 Å². The van der Waals surface area contributed by atoms with Gasteiger partial charge in [0.15, 0.2) is 0 Å². The molecule has 138 valence electrons. The zero-order chi connectivity index (χ0) is 17.8. The summed E-state index contributed by atoms with van der Waals surface area (Å²) < 4.78 is 0. The Morgan fingerprint density at radius 1 is 1.15 bits per heavy atom. The smallest absolute Gasteiger partial charge is 0.225 e. The van der Waals surface area contributed by atoms with Gasteiger partial charge in [-0.25, -0.2) is 9.97 Å². The predicted molar refractivity (Wildman–Crippen MR) is 103 cm³/mol. The van der Waals surface area contributed by atoms with Gasteiger partial charge in [-0.1, -0.05) is 6.07 Å². The molecular formula is C19H25N5OS. The number of anilines is 1. The number of hydrogen-bond donors (Lipinski definition) is 0. The monoisotopic (exact) mass is 371 g/mol. The fraction of sp³-hybridized carbons (Fsp3) is 0.526. The highest BCUT2D eigenvalue weighted by molar-refractivity contribution is 7.09. The minimum Gasteiger partial charge on any atom is -0.339 e. The van der Waals surface area contributed by atoms with Gasteiger partial charge in [-0.2, -0.15) is 0 Å². The standard InChI is InChI=1S/C19H25N5OS/c25-18(6-9-24(16-4-5-16)15-17-3-1-14-26-17)22-10-12-23(13-11-22)19-20-7-2-8-21-19/h1-3,7-8,14,16H,4-6,9-13,15H2. The molecule has 1 amide bonds. The van der Waals surface area contributed by atoms with Crippen LogP contribution in [0.2, 0.25) is 0 Å². The Labute approximate surface area is 158 Å². The summed E-state index contributed by atoms with van der Waals surface area (Å²) in [5.41, 5.74) is 0. The zero-order valence-electron chi connectivity index (χ0n) is 15.0.